The van der Waals surface area contributed by atoms with Gasteiger partial charge < -0.3 is 0 Å². The van der Waals surface area contributed by atoms with Crippen LogP contribution in [0.3, 0.4) is 0 Å². The lowest BCUT2D eigenvalue weighted by Gasteiger charge is -1.97. The molecule has 0 radical (unpaired) electrons. The van der Waals surface area contributed by atoms with E-state index in [4.69, 9.17) is 5.26 Å². The van der Waals surface area contributed by atoms with E-state index in [0.717, 1.165) is 0 Å². The zero-order chi connectivity index (χ0) is 9.61. The quantitative estimate of drug-likeness (QED) is 0.624. The van der Waals surface area contributed by atoms with Crippen molar-refractivity contribution in [2.75, 3.05) is 5.75 Å². The molecule has 0 aliphatic heterocycles. The molecule has 0 unspecified atom stereocenters. The summed E-state index contributed by atoms with van der Waals surface area (Å²) in [5.74, 6) is -0.461. The highest BCUT2D eigenvalue weighted by Gasteiger charge is 2.12. The van der Waals surface area contributed by atoms with Gasteiger partial charge in [-0.2, -0.15) is 5.26 Å². The van der Waals surface area contributed by atoms with Crippen molar-refractivity contribution in [2.45, 2.75) is 13.8 Å². The fourth-order valence-electron chi connectivity index (χ4n) is 0.712. The van der Waals surface area contributed by atoms with E-state index in [1.54, 1.807) is 26.0 Å². The Balaban J connectivity index is 4.91. The summed E-state index contributed by atoms with van der Waals surface area (Å²) in [7, 11) is -3.37. The summed E-state index contributed by atoms with van der Waals surface area (Å²) in [4.78, 5) is 0.201. The van der Waals surface area contributed by atoms with Gasteiger partial charge >= 0.3 is 0 Å². The fourth-order valence-corrected chi connectivity index (χ4v) is 1.75. The van der Waals surface area contributed by atoms with Gasteiger partial charge in [0.1, 0.15) is 5.75 Å². The monoisotopic (exact) mass is 185 g/mol. The Labute approximate surface area is 72.9 Å². The van der Waals surface area contributed by atoms with Crippen molar-refractivity contribution in [3.63, 3.8) is 0 Å². The third kappa shape index (κ3) is 2.89. The first-order chi connectivity index (χ1) is 5.58. The topological polar surface area (TPSA) is 57.9 Å². The van der Waals surface area contributed by atoms with Crippen molar-refractivity contribution in [3.8, 4) is 6.07 Å². The highest BCUT2D eigenvalue weighted by Crippen LogP contribution is 2.08. The molecule has 0 aromatic carbocycles. The zero-order valence-corrected chi connectivity index (χ0v) is 7.93. The Hall–Kier alpha value is -1.08. The number of allylic oxidation sites excluding steroid dienone is 3. The highest BCUT2D eigenvalue weighted by molar-refractivity contribution is 7.95. The molecule has 12 heavy (non-hydrogen) atoms. The minimum atomic E-state index is -3.37. The molecule has 0 saturated heterocycles. The SMILES string of the molecule is CC=CC(=CC)S(=O)(=O)CC#N. The molecule has 0 aliphatic carbocycles. The molecular formula is C8H11NO2S. The van der Waals surface area contributed by atoms with E-state index in [0.29, 0.717) is 0 Å². The number of nitriles is 1. The average molecular weight is 185 g/mol. The maximum atomic E-state index is 11.2. The molecule has 0 fully saturated rings. The minimum Gasteiger partial charge on any atom is -0.223 e. The van der Waals surface area contributed by atoms with E-state index < -0.39 is 15.6 Å². The first kappa shape index (κ1) is 10.9. The lowest BCUT2D eigenvalue weighted by atomic mass is 10.4. The molecule has 0 bridgehead atoms. The summed E-state index contributed by atoms with van der Waals surface area (Å²) < 4.78 is 22.4. The van der Waals surface area contributed by atoms with Crippen LogP contribution in [0.4, 0.5) is 0 Å². The maximum Gasteiger partial charge on any atom is 0.191 e. The molecule has 0 aromatic heterocycles. The Morgan fingerprint density at radius 1 is 1.50 bits per heavy atom. The molecule has 66 valence electrons. The molecule has 4 heteroatoms. The predicted molar refractivity (Wildman–Crippen MR) is 48.0 cm³/mol. The second-order valence-corrected chi connectivity index (χ2v) is 4.10. The fraction of sp³-hybridized carbons (Fsp3) is 0.375. The van der Waals surface area contributed by atoms with Crippen LogP contribution in [0.1, 0.15) is 13.8 Å². The number of hydrogen-bond donors (Lipinski definition) is 0. The van der Waals surface area contributed by atoms with Gasteiger partial charge in [0.05, 0.1) is 11.0 Å². The second kappa shape index (κ2) is 4.73. The molecule has 3 nitrogen and oxygen atoms in total. The van der Waals surface area contributed by atoms with E-state index in [1.165, 1.54) is 12.2 Å². The van der Waals surface area contributed by atoms with Crippen LogP contribution in [-0.4, -0.2) is 14.2 Å². The van der Waals surface area contributed by atoms with Crippen LogP contribution in [0.15, 0.2) is 23.1 Å². The standard InChI is InChI=1S/C8H11NO2S/c1-3-5-8(4-2)12(10,11)7-6-9/h3-5H,7H2,1-2H3. The van der Waals surface area contributed by atoms with E-state index >= 15 is 0 Å². The molecule has 0 spiro atoms. The van der Waals surface area contributed by atoms with Crippen LogP contribution in [0.25, 0.3) is 0 Å². The van der Waals surface area contributed by atoms with Gasteiger partial charge in [0.2, 0.25) is 0 Å². The first-order valence-electron chi connectivity index (χ1n) is 3.47. The number of rotatable bonds is 3. The molecule has 0 N–H and O–H groups in total. The van der Waals surface area contributed by atoms with Gasteiger partial charge in [0.15, 0.2) is 9.84 Å². The van der Waals surface area contributed by atoms with Crippen LogP contribution < -0.4 is 0 Å². The molecule has 0 heterocycles. The van der Waals surface area contributed by atoms with Crippen molar-refractivity contribution in [1.29, 1.82) is 5.26 Å². The zero-order valence-electron chi connectivity index (χ0n) is 7.11. The summed E-state index contributed by atoms with van der Waals surface area (Å²) in [6.45, 7) is 3.36. The van der Waals surface area contributed by atoms with Crippen molar-refractivity contribution in [1.82, 2.24) is 0 Å². The largest absolute Gasteiger partial charge is 0.223 e. The van der Waals surface area contributed by atoms with E-state index in [9.17, 15) is 8.42 Å². The van der Waals surface area contributed by atoms with Gasteiger partial charge in [-0.15, -0.1) is 0 Å². The third-order valence-corrected chi connectivity index (χ3v) is 2.83. The van der Waals surface area contributed by atoms with Crippen LogP contribution in [-0.2, 0) is 9.84 Å². The molecule has 0 aromatic rings. The Morgan fingerprint density at radius 2 is 2.08 bits per heavy atom. The second-order valence-electron chi connectivity index (χ2n) is 2.11. The summed E-state index contributed by atoms with van der Waals surface area (Å²) in [5, 5.41) is 8.23. The van der Waals surface area contributed by atoms with Crippen LogP contribution >= 0.6 is 0 Å². The summed E-state index contributed by atoms with van der Waals surface area (Å²) in [5.41, 5.74) is 0. The number of nitrogens with zero attached hydrogens (tertiary/aromatic N) is 1. The normalized spacial score (nSPS) is 13.2. The Bertz CT molecular complexity index is 331. The van der Waals surface area contributed by atoms with E-state index in [-0.39, 0.29) is 4.91 Å². The molecule has 0 amide bonds. The van der Waals surface area contributed by atoms with Gasteiger partial charge in [0.25, 0.3) is 0 Å². The number of sulfone groups is 1. The highest BCUT2D eigenvalue weighted by atomic mass is 32.2. The van der Waals surface area contributed by atoms with Crippen LogP contribution in [0.2, 0.25) is 0 Å². The average Bonchev–Trinajstić information content (AvgIpc) is 1.99. The van der Waals surface area contributed by atoms with Crippen LogP contribution in [0, 0.1) is 11.3 Å². The van der Waals surface area contributed by atoms with Crippen molar-refractivity contribution in [2.24, 2.45) is 0 Å². The van der Waals surface area contributed by atoms with Gasteiger partial charge in [0, 0.05) is 0 Å². The van der Waals surface area contributed by atoms with Gasteiger partial charge in [-0.05, 0) is 19.9 Å². The molecule has 0 atom stereocenters. The Morgan fingerprint density at radius 3 is 2.42 bits per heavy atom. The van der Waals surface area contributed by atoms with Crippen molar-refractivity contribution < 1.29 is 8.42 Å². The molecule has 0 rings (SSSR count). The summed E-state index contributed by atoms with van der Waals surface area (Å²) in [6.07, 6.45) is 4.59. The van der Waals surface area contributed by atoms with Crippen molar-refractivity contribution >= 4 is 9.84 Å². The van der Waals surface area contributed by atoms with Gasteiger partial charge in [-0.3, -0.25) is 0 Å². The lowest BCUT2D eigenvalue weighted by Crippen LogP contribution is -2.05. The molecule has 0 saturated carbocycles. The smallest absolute Gasteiger partial charge is 0.191 e. The predicted octanol–water partition coefficient (Wildman–Crippen LogP) is 1.40. The molecule has 0 aliphatic rings. The van der Waals surface area contributed by atoms with Gasteiger partial charge in [-0.1, -0.05) is 12.2 Å². The minimum absolute atomic E-state index is 0.201. The number of hydrogen-bond acceptors (Lipinski definition) is 3. The Kier molecular flexibility index (Phi) is 4.30. The van der Waals surface area contributed by atoms with Crippen molar-refractivity contribution in [3.05, 3.63) is 23.1 Å². The van der Waals surface area contributed by atoms with Crippen LogP contribution in [0.5, 0.6) is 0 Å². The van der Waals surface area contributed by atoms with E-state index in [2.05, 4.69) is 0 Å². The molecular weight excluding hydrogens is 174 g/mol. The third-order valence-electron chi connectivity index (χ3n) is 1.23. The first-order valence-corrected chi connectivity index (χ1v) is 5.12. The maximum absolute atomic E-state index is 11.2. The lowest BCUT2D eigenvalue weighted by molar-refractivity contribution is 0.606. The van der Waals surface area contributed by atoms with E-state index in [1.807, 2.05) is 0 Å². The summed E-state index contributed by atoms with van der Waals surface area (Å²) in [6, 6.07) is 1.62. The summed E-state index contributed by atoms with van der Waals surface area (Å²) >= 11 is 0. The van der Waals surface area contributed by atoms with Gasteiger partial charge in [-0.25, -0.2) is 8.42 Å².